The average Bonchev–Trinajstić information content (AvgIpc) is 3.00. The summed E-state index contributed by atoms with van der Waals surface area (Å²) >= 11 is 0. The third-order valence-corrected chi connectivity index (χ3v) is 3.69. The first-order valence-corrected chi connectivity index (χ1v) is 7.11. The number of ether oxygens (including phenoxy) is 1. The van der Waals surface area contributed by atoms with E-state index in [0.717, 1.165) is 6.42 Å². The summed E-state index contributed by atoms with van der Waals surface area (Å²) in [6.45, 7) is 2.62. The summed E-state index contributed by atoms with van der Waals surface area (Å²) in [5.41, 5.74) is -0.0741. The van der Waals surface area contributed by atoms with Crippen molar-refractivity contribution >= 4 is 11.8 Å². The molecule has 0 bridgehead atoms. The molecule has 0 spiro atoms. The van der Waals surface area contributed by atoms with Gasteiger partial charge in [0, 0.05) is 19.0 Å². The van der Waals surface area contributed by atoms with Crippen molar-refractivity contribution in [2.75, 3.05) is 11.9 Å². The van der Waals surface area contributed by atoms with Gasteiger partial charge in [0.2, 0.25) is 0 Å². The molecule has 1 aliphatic carbocycles. The van der Waals surface area contributed by atoms with Crippen molar-refractivity contribution in [2.45, 2.75) is 31.5 Å². The van der Waals surface area contributed by atoms with E-state index in [0.29, 0.717) is 12.4 Å². The second kappa shape index (κ2) is 6.10. The summed E-state index contributed by atoms with van der Waals surface area (Å²) in [6, 6.07) is 2.07. The van der Waals surface area contributed by atoms with Gasteiger partial charge in [0.05, 0.1) is 30.6 Å². The maximum atomic E-state index is 10.8. The van der Waals surface area contributed by atoms with Gasteiger partial charge in [-0.15, -0.1) is 0 Å². The lowest BCUT2D eigenvalue weighted by atomic mass is 9.82. The quantitative estimate of drug-likeness (QED) is 0.826. The molecule has 0 saturated heterocycles. The molecule has 2 aromatic rings. The summed E-state index contributed by atoms with van der Waals surface area (Å²) < 4.78 is 7.59. The molecule has 1 aliphatic rings. The Kier molecular flexibility index (Phi) is 4.01. The van der Waals surface area contributed by atoms with Crippen LogP contribution in [0.15, 0.2) is 30.9 Å². The second-order valence-electron chi connectivity index (χ2n) is 5.05. The lowest BCUT2D eigenvalue weighted by Gasteiger charge is -2.44. The molecule has 1 fully saturated rings. The lowest BCUT2D eigenvalue weighted by Crippen LogP contribution is -2.52. The number of anilines is 1. The summed E-state index contributed by atoms with van der Waals surface area (Å²) in [5.74, 6) is -0.546. The number of carbonyl (C=O) groups is 1. The van der Waals surface area contributed by atoms with Gasteiger partial charge in [0.25, 0.3) is 0 Å². The van der Waals surface area contributed by atoms with E-state index >= 15 is 0 Å². The number of nitrogens with one attached hydrogen (secondary N) is 1. The molecular weight excluding hydrogens is 286 g/mol. The molecule has 3 rings (SSSR count). The minimum Gasteiger partial charge on any atom is -0.476 e. The summed E-state index contributed by atoms with van der Waals surface area (Å²) in [4.78, 5) is 18.7. The van der Waals surface area contributed by atoms with E-state index in [4.69, 9.17) is 9.84 Å². The number of aromatic nitrogens is 4. The SMILES string of the molecule is CCOC1CC(Nc2cnc(C(=O)O)cn2)C1n1cccn1. The maximum Gasteiger partial charge on any atom is 0.356 e. The van der Waals surface area contributed by atoms with Gasteiger partial charge in [0.15, 0.2) is 5.69 Å². The van der Waals surface area contributed by atoms with Crippen LogP contribution in [0.1, 0.15) is 29.9 Å². The van der Waals surface area contributed by atoms with E-state index in [1.54, 1.807) is 6.20 Å². The first-order chi connectivity index (χ1) is 10.7. The standard InChI is InChI=1S/C14H17N5O3/c1-2-22-11-6-9(13(11)19-5-3-4-17-19)18-12-8-15-10(7-16-12)14(20)21/h3-5,7-9,11,13H,2,6H2,1H3,(H,16,18)(H,20,21). The summed E-state index contributed by atoms with van der Waals surface area (Å²) in [5, 5.41) is 16.4. The second-order valence-corrected chi connectivity index (χ2v) is 5.05. The van der Waals surface area contributed by atoms with Crippen LogP contribution in [0.5, 0.6) is 0 Å². The fourth-order valence-electron chi connectivity index (χ4n) is 2.63. The van der Waals surface area contributed by atoms with Crippen molar-refractivity contribution < 1.29 is 14.6 Å². The number of hydrogen-bond donors (Lipinski definition) is 2. The number of carboxylic acid groups (broad SMARTS) is 1. The third kappa shape index (κ3) is 2.77. The highest BCUT2D eigenvalue weighted by Gasteiger charge is 2.43. The van der Waals surface area contributed by atoms with E-state index in [-0.39, 0.29) is 23.9 Å². The van der Waals surface area contributed by atoms with Crippen molar-refractivity contribution in [1.82, 2.24) is 19.7 Å². The molecule has 22 heavy (non-hydrogen) atoms. The molecule has 2 aromatic heterocycles. The topological polar surface area (TPSA) is 102 Å². The van der Waals surface area contributed by atoms with E-state index in [2.05, 4.69) is 20.4 Å². The molecule has 0 amide bonds. The number of carboxylic acids is 1. The van der Waals surface area contributed by atoms with Crippen LogP contribution in [-0.2, 0) is 4.74 Å². The van der Waals surface area contributed by atoms with Crippen molar-refractivity contribution in [3.63, 3.8) is 0 Å². The molecule has 0 aromatic carbocycles. The van der Waals surface area contributed by atoms with E-state index in [1.165, 1.54) is 12.4 Å². The zero-order valence-corrected chi connectivity index (χ0v) is 12.1. The number of aromatic carboxylic acids is 1. The Bertz CT molecular complexity index is 628. The highest BCUT2D eigenvalue weighted by atomic mass is 16.5. The van der Waals surface area contributed by atoms with Crippen LogP contribution in [-0.4, -0.2) is 49.6 Å². The van der Waals surface area contributed by atoms with Crippen LogP contribution in [0.25, 0.3) is 0 Å². The van der Waals surface area contributed by atoms with E-state index < -0.39 is 5.97 Å². The monoisotopic (exact) mass is 303 g/mol. The summed E-state index contributed by atoms with van der Waals surface area (Å²) in [7, 11) is 0. The Balaban J connectivity index is 1.70. The minimum absolute atomic E-state index is 0.0741. The van der Waals surface area contributed by atoms with Crippen LogP contribution in [0.2, 0.25) is 0 Å². The normalized spacial score (nSPS) is 23.8. The van der Waals surface area contributed by atoms with E-state index in [9.17, 15) is 4.79 Å². The molecule has 8 heteroatoms. The molecule has 0 radical (unpaired) electrons. The first-order valence-electron chi connectivity index (χ1n) is 7.11. The first kappa shape index (κ1) is 14.5. The molecule has 0 aliphatic heterocycles. The van der Waals surface area contributed by atoms with Crippen LogP contribution in [0, 0.1) is 0 Å². The lowest BCUT2D eigenvalue weighted by molar-refractivity contribution is -0.0462. The Morgan fingerprint density at radius 1 is 1.50 bits per heavy atom. The molecule has 1 saturated carbocycles. The smallest absolute Gasteiger partial charge is 0.356 e. The maximum absolute atomic E-state index is 10.8. The average molecular weight is 303 g/mol. The number of hydrogen-bond acceptors (Lipinski definition) is 6. The Morgan fingerprint density at radius 3 is 2.95 bits per heavy atom. The van der Waals surface area contributed by atoms with Crippen molar-refractivity contribution in [1.29, 1.82) is 0 Å². The Hall–Kier alpha value is -2.48. The fraction of sp³-hybridized carbons (Fsp3) is 0.429. The van der Waals surface area contributed by atoms with Crippen LogP contribution < -0.4 is 5.32 Å². The minimum atomic E-state index is -1.09. The zero-order chi connectivity index (χ0) is 15.5. The van der Waals surface area contributed by atoms with Crippen molar-refractivity contribution in [3.05, 3.63) is 36.5 Å². The van der Waals surface area contributed by atoms with Crippen LogP contribution >= 0.6 is 0 Å². The van der Waals surface area contributed by atoms with Crippen molar-refractivity contribution in [2.24, 2.45) is 0 Å². The van der Waals surface area contributed by atoms with Gasteiger partial charge >= 0.3 is 5.97 Å². The molecule has 2 N–H and O–H groups in total. The number of nitrogens with zero attached hydrogens (tertiary/aromatic N) is 4. The van der Waals surface area contributed by atoms with Crippen molar-refractivity contribution in [3.8, 4) is 0 Å². The van der Waals surface area contributed by atoms with Crippen LogP contribution in [0.4, 0.5) is 5.82 Å². The molecular formula is C14H17N5O3. The van der Waals surface area contributed by atoms with E-state index in [1.807, 2.05) is 23.9 Å². The molecule has 116 valence electrons. The summed E-state index contributed by atoms with van der Waals surface area (Å²) in [6.07, 6.45) is 7.25. The predicted octanol–water partition coefficient (Wildman–Crippen LogP) is 1.20. The largest absolute Gasteiger partial charge is 0.476 e. The predicted molar refractivity (Wildman–Crippen MR) is 77.7 cm³/mol. The third-order valence-electron chi connectivity index (χ3n) is 3.69. The van der Waals surface area contributed by atoms with Gasteiger partial charge < -0.3 is 15.2 Å². The number of rotatable bonds is 6. The highest BCUT2D eigenvalue weighted by molar-refractivity contribution is 5.84. The highest BCUT2D eigenvalue weighted by Crippen LogP contribution is 2.36. The molecule has 8 nitrogen and oxygen atoms in total. The molecule has 2 heterocycles. The van der Waals surface area contributed by atoms with Gasteiger partial charge in [-0.25, -0.2) is 14.8 Å². The Labute approximate surface area is 127 Å². The fourth-order valence-corrected chi connectivity index (χ4v) is 2.63. The zero-order valence-electron chi connectivity index (χ0n) is 12.1. The van der Waals surface area contributed by atoms with Gasteiger partial charge in [-0.1, -0.05) is 0 Å². The van der Waals surface area contributed by atoms with Gasteiger partial charge in [-0.2, -0.15) is 5.10 Å². The molecule has 3 atom stereocenters. The van der Waals surface area contributed by atoms with Gasteiger partial charge in [-0.3, -0.25) is 4.68 Å². The Morgan fingerprint density at radius 2 is 2.36 bits per heavy atom. The van der Waals surface area contributed by atoms with Gasteiger partial charge in [-0.05, 0) is 19.4 Å². The van der Waals surface area contributed by atoms with Gasteiger partial charge in [0.1, 0.15) is 5.82 Å². The molecule has 3 unspecified atom stereocenters. The van der Waals surface area contributed by atoms with Crippen LogP contribution in [0.3, 0.4) is 0 Å².